The van der Waals surface area contributed by atoms with E-state index in [2.05, 4.69) is 27.5 Å². The van der Waals surface area contributed by atoms with Crippen LogP contribution in [0.1, 0.15) is 34.9 Å². The van der Waals surface area contributed by atoms with Gasteiger partial charge in [-0.3, -0.25) is 5.10 Å². The van der Waals surface area contributed by atoms with Gasteiger partial charge in [0, 0.05) is 17.7 Å². The summed E-state index contributed by atoms with van der Waals surface area (Å²) >= 11 is 0. The van der Waals surface area contributed by atoms with E-state index in [0.717, 1.165) is 35.5 Å². The number of oxime groups is 1. The minimum atomic E-state index is 0.340. The summed E-state index contributed by atoms with van der Waals surface area (Å²) in [6.45, 7) is 1.96. The fourth-order valence-corrected chi connectivity index (χ4v) is 2.70. The molecule has 3 rings (SSSR count). The van der Waals surface area contributed by atoms with Crippen LogP contribution in [0.15, 0.2) is 35.5 Å². The molecule has 0 spiro atoms. The first-order valence-corrected chi connectivity index (χ1v) is 6.09. The lowest BCUT2D eigenvalue weighted by molar-refractivity contribution is 0.317. The maximum Gasteiger partial charge on any atom is 0.0910 e. The van der Waals surface area contributed by atoms with E-state index in [1.807, 2.05) is 25.1 Å². The lowest BCUT2D eigenvalue weighted by atomic mass is 9.81. The summed E-state index contributed by atoms with van der Waals surface area (Å²) in [5.74, 6) is 0.340. The molecule has 0 amide bonds. The van der Waals surface area contributed by atoms with Crippen LogP contribution >= 0.6 is 0 Å². The molecule has 1 aliphatic rings. The van der Waals surface area contributed by atoms with Gasteiger partial charge in [-0.15, -0.1) is 0 Å². The Bertz CT molecular complexity index is 586. The Morgan fingerprint density at radius 1 is 1.28 bits per heavy atom. The number of nitrogens with zero attached hydrogens (tertiary/aromatic N) is 2. The van der Waals surface area contributed by atoms with Gasteiger partial charge < -0.3 is 5.21 Å². The maximum atomic E-state index is 9.19. The van der Waals surface area contributed by atoms with Gasteiger partial charge in [0.25, 0.3) is 0 Å². The van der Waals surface area contributed by atoms with Gasteiger partial charge in [-0.1, -0.05) is 35.5 Å². The summed E-state index contributed by atoms with van der Waals surface area (Å²) in [4.78, 5) is 0. The van der Waals surface area contributed by atoms with Gasteiger partial charge in [0.1, 0.15) is 0 Å². The van der Waals surface area contributed by atoms with Crippen LogP contribution in [0.25, 0.3) is 0 Å². The molecule has 0 saturated heterocycles. The predicted octanol–water partition coefficient (Wildman–Crippen LogP) is 2.63. The first-order chi connectivity index (χ1) is 8.79. The summed E-state index contributed by atoms with van der Waals surface area (Å²) in [7, 11) is 0. The van der Waals surface area contributed by atoms with Crippen LogP contribution in [0.3, 0.4) is 0 Å². The van der Waals surface area contributed by atoms with E-state index in [9.17, 15) is 5.21 Å². The summed E-state index contributed by atoms with van der Waals surface area (Å²) in [6, 6.07) is 10.3. The molecule has 1 aromatic carbocycles. The van der Waals surface area contributed by atoms with Gasteiger partial charge in [-0.2, -0.15) is 5.10 Å². The fourth-order valence-electron chi connectivity index (χ4n) is 2.70. The SMILES string of the molecule is Cc1[nH]nc2c1/C(=N/O)C[C@H](c1ccccc1)C2. The summed E-state index contributed by atoms with van der Waals surface area (Å²) in [6.07, 6.45) is 1.65. The molecule has 0 aliphatic heterocycles. The zero-order chi connectivity index (χ0) is 12.5. The van der Waals surface area contributed by atoms with E-state index >= 15 is 0 Å². The van der Waals surface area contributed by atoms with Crippen LogP contribution in [0, 0.1) is 6.92 Å². The molecule has 4 heteroatoms. The van der Waals surface area contributed by atoms with Crippen molar-refractivity contribution in [2.45, 2.75) is 25.7 Å². The molecule has 92 valence electrons. The third kappa shape index (κ3) is 1.70. The zero-order valence-corrected chi connectivity index (χ0v) is 10.2. The average molecular weight is 241 g/mol. The molecule has 2 aromatic rings. The van der Waals surface area contributed by atoms with E-state index in [4.69, 9.17) is 0 Å². The molecule has 0 bridgehead atoms. The van der Waals surface area contributed by atoms with Crippen LogP contribution in [0.2, 0.25) is 0 Å². The molecule has 0 radical (unpaired) electrons. The minimum Gasteiger partial charge on any atom is -0.411 e. The number of H-pyrrole nitrogens is 1. The highest BCUT2D eigenvalue weighted by Gasteiger charge is 2.28. The third-order valence-corrected chi connectivity index (χ3v) is 3.58. The predicted molar refractivity (Wildman–Crippen MR) is 69.2 cm³/mol. The molecule has 0 saturated carbocycles. The van der Waals surface area contributed by atoms with Crippen LogP contribution in [0.4, 0.5) is 0 Å². The summed E-state index contributed by atoms with van der Waals surface area (Å²) in [5.41, 5.74) is 4.97. The van der Waals surface area contributed by atoms with Crippen molar-refractivity contribution in [3.8, 4) is 0 Å². The van der Waals surface area contributed by atoms with E-state index in [1.54, 1.807) is 0 Å². The molecule has 1 aliphatic carbocycles. The van der Waals surface area contributed by atoms with E-state index < -0.39 is 0 Å². The quantitative estimate of drug-likeness (QED) is 0.595. The van der Waals surface area contributed by atoms with Gasteiger partial charge in [0.15, 0.2) is 0 Å². The van der Waals surface area contributed by atoms with Crippen LogP contribution < -0.4 is 0 Å². The van der Waals surface area contributed by atoms with Crippen molar-refractivity contribution >= 4 is 5.71 Å². The smallest absolute Gasteiger partial charge is 0.0910 e. The highest BCUT2D eigenvalue weighted by Crippen LogP contribution is 2.33. The summed E-state index contributed by atoms with van der Waals surface area (Å²) < 4.78 is 0. The van der Waals surface area contributed by atoms with Crippen molar-refractivity contribution < 1.29 is 5.21 Å². The molecule has 1 atom stereocenters. The molecule has 0 unspecified atom stereocenters. The number of rotatable bonds is 1. The Morgan fingerprint density at radius 3 is 2.78 bits per heavy atom. The highest BCUT2D eigenvalue weighted by molar-refractivity contribution is 6.03. The van der Waals surface area contributed by atoms with E-state index in [0.29, 0.717) is 5.92 Å². The molecule has 0 fully saturated rings. The Labute approximate surface area is 105 Å². The van der Waals surface area contributed by atoms with E-state index in [-0.39, 0.29) is 0 Å². The first-order valence-electron chi connectivity index (χ1n) is 6.09. The van der Waals surface area contributed by atoms with Crippen LogP contribution in [-0.2, 0) is 6.42 Å². The second kappa shape index (κ2) is 4.29. The number of benzene rings is 1. The molecule has 1 aromatic heterocycles. The number of aromatic nitrogens is 2. The van der Waals surface area contributed by atoms with Crippen LogP contribution in [-0.4, -0.2) is 21.1 Å². The Kier molecular flexibility index (Phi) is 2.63. The number of hydrogen-bond donors (Lipinski definition) is 2. The Balaban J connectivity index is 2.01. The zero-order valence-electron chi connectivity index (χ0n) is 10.2. The Hall–Kier alpha value is -2.10. The molecule has 18 heavy (non-hydrogen) atoms. The normalized spacial score (nSPS) is 20.9. The molecule has 4 nitrogen and oxygen atoms in total. The van der Waals surface area contributed by atoms with Crippen LogP contribution in [0.5, 0.6) is 0 Å². The summed E-state index contributed by atoms with van der Waals surface area (Å²) in [5, 5.41) is 19.9. The number of aromatic amines is 1. The molecule has 2 N–H and O–H groups in total. The number of aryl methyl sites for hydroxylation is 1. The van der Waals surface area contributed by atoms with Crippen molar-refractivity contribution in [2.75, 3.05) is 0 Å². The monoisotopic (exact) mass is 241 g/mol. The maximum absolute atomic E-state index is 9.19. The second-order valence-electron chi connectivity index (χ2n) is 4.73. The van der Waals surface area contributed by atoms with E-state index in [1.165, 1.54) is 5.56 Å². The van der Waals surface area contributed by atoms with Gasteiger partial charge >= 0.3 is 0 Å². The molecular weight excluding hydrogens is 226 g/mol. The largest absolute Gasteiger partial charge is 0.411 e. The first kappa shape index (κ1) is 11.0. The number of hydrogen-bond acceptors (Lipinski definition) is 3. The molecular formula is C14H15N3O. The van der Waals surface area contributed by atoms with Crippen molar-refractivity contribution in [1.29, 1.82) is 0 Å². The van der Waals surface area contributed by atoms with Crippen molar-refractivity contribution in [3.05, 3.63) is 52.8 Å². The third-order valence-electron chi connectivity index (χ3n) is 3.58. The standard InChI is InChI=1S/C14H15N3O/c1-9-14-12(16-15-9)7-11(8-13(14)17-18)10-5-3-2-4-6-10/h2-6,11,18H,7-8H2,1H3,(H,15,16)/b17-13+/t11-/m1/s1. The van der Waals surface area contributed by atoms with Gasteiger partial charge in [0.05, 0.1) is 11.4 Å². The number of nitrogens with one attached hydrogen (secondary N) is 1. The van der Waals surface area contributed by atoms with Crippen molar-refractivity contribution in [3.63, 3.8) is 0 Å². The minimum absolute atomic E-state index is 0.340. The van der Waals surface area contributed by atoms with Gasteiger partial charge in [-0.05, 0) is 24.8 Å². The van der Waals surface area contributed by atoms with Crippen molar-refractivity contribution in [1.82, 2.24) is 10.2 Å². The lowest BCUT2D eigenvalue weighted by Crippen LogP contribution is -2.19. The van der Waals surface area contributed by atoms with Crippen molar-refractivity contribution in [2.24, 2.45) is 5.16 Å². The highest BCUT2D eigenvalue weighted by atomic mass is 16.4. The average Bonchev–Trinajstić information content (AvgIpc) is 2.81. The fraction of sp³-hybridized carbons (Fsp3) is 0.286. The lowest BCUT2D eigenvalue weighted by Gasteiger charge is -2.22. The number of fused-ring (bicyclic) bond motifs is 1. The molecule has 1 heterocycles. The Morgan fingerprint density at radius 2 is 2.06 bits per heavy atom. The topological polar surface area (TPSA) is 61.3 Å². The van der Waals surface area contributed by atoms with Gasteiger partial charge in [0.2, 0.25) is 0 Å². The second-order valence-corrected chi connectivity index (χ2v) is 4.73. The van der Waals surface area contributed by atoms with Gasteiger partial charge in [-0.25, -0.2) is 0 Å².